The minimum Gasteiger partial charge on any atom is -0.458 e. The lowest BCUT2D eigenvalue weighted by Gasteiger charge is -2.25. The van der Waals surface area contributed by atoms with E-state index in [0.717, 1.165) is 34.1 Å². The highest BCUT2D eigenvalue weighted by atomic mass is 16.6. The molecule has 0 fully saturated rings. The average Bonchev–Trinajstić information content (AvgIpc) is 3.30. The summed E-state index contributed by atoms with van der Waals surface area (Å²) in [7, 11) is 0. The zero-order valence-corrected chi connectivity index (χ0v) is 33.2. The molecule has 8 nitrogen and oxygen atoms in total. The number of para-hydroxylation sites is 4. The first-order valence-electron chi connectivity index (χ1n) is 19.1. The normalized spacial score (nSPS) is 10.5. The van der Waals surface area contributed by atoms with Gasteiger partial charge in [-0.3, -0.25) is 0 Å². The molecule has 0 atom stereocenters. The van der Waals surface area contributed by atoms with Crippen LogP contribution in [-0.4, -0.2) is 25.2 Å². The third kappa shape index (κ3) is 11.9. The zero-order valence-electron chi connectivity index (χ0n) is 33.2. The van der Waals surface area contributed by atoms with Crippen molar-refractivity contribution in [3.63, 3.8) is 0 Å². The molecule has 6 aromatic rings. The van der Waals surface area contributed by atoms with Crippen molar-refractivity contribution in [3.05, 3.63) is 192 Å². The predicted molar refractivity (Wildman–Crippen MR) is 234 cm³/mol. The van der Waals surface area contributed by atoms with Crippen LogP contribution >= 0.6 is 0 Å². The van der Waals surface area contributed by atoms with Gasteiger partial charge in [-0.25, -0.2) is 9.59 Å². The number of ether oxygens (including phenoxy) is 2. The van der Waals surface area contributed by atoms with Crippen LogP contribution in [0, 0.1) is 22.7 Å². The number of benzene rings is 6. The van der Waals surface area contributed by atoms with E-state index in [-0.39, 0.29) is 24.4 Å². The zero-order chi connectivity index (χ0) is 41.5. The Morgan fingerprint density at radius 1 is 0.431 bits per heavy atom. The van der Waals surface area contributed by atoms with E-state index in [0.29, 0.717) is 11.1 Å². The second-order valence-corrected chi connectivity index (χ2v) is 11.8. The Bertz CT molecular complexity index is 2070. The minimum absolute atomic E-state index is 0.212. The summed E-state index contributed by atoms with van der Waals surface area (Å²) in [5.74, 6) is -1.71. The molecular weight excluding hydrogens is 721 g/mol. The first-order valence-corrected chi connectivity index (χ1v) is 19.1. The maximum absolute atomic E-state index is 12.7. The predicted octanol–water partition coefficient (Wildman–Crippen LogP) is 12.3. The molecule has 0 aromatic heterocycles. The van der Waals surface area contributed by atoms with Crippen molar-refractivity contribution in [1.82, 2.24) is 0 Å². The maximum Gasteiger partial charge on any atom is 0.349 e. The number of hydrogen-bond donors (Lipinski definition) is 0. The Kier molecular flexibility index (Phi) is 17.3. The van der Waals surface area contributed by atoms with Gasteiger partial charge < -0.3 is 19.3 Å². The van der Waals surface area contributed by atoms with Crippen LogP contribution in [0.5, 0.6) is 0 Å². The molecule has 58 heavy (non-hydrogen) atoms. The smallest absolute Gasteiger partial charge is 0.349 e. The number of hydrogen-bond acceptors (Lipinski definition) is 8. The van der Waals surface area contributed by atoms with Crippen molar-refractivity contribution in [1.29, 1.82) is 10.5 Å². The van der Waals surface area contributed by atoms with Crippen LogP contribution in [0.3, 0.4) is 0 Å². The lowest BCUT2D eigenvalue weighted by Crippen LogP contribution is -2.15. The highest BCUT2D eigenvalue weighted by Gasteiger charge is 2.16. The van der Waals surface area contributed by atoms with Crippen LogP contribution < -0.4 is 9.80 Å². The second-order valence-electron chi connectivity index (χ2n) is 11.8. The molecule has 290 valence electrons. The maximum atomic E-state index is 12.7. The van der Waals surface area contributed by atoms with Gasteiger partial charge >= 0.3 is 11.9 Å². The van der Waals surface area contributed by atoms with Crippen LogP contribution in [0.2, 0.25) is 0 Å². The Balaban J connectivity index is 0.00000180. The van der Waals surface area contributed by atoms with Crippen molar-refractivity contribution < 1.29 is 19.1 Å². The molecule has 0 unspecified atom stereocenters. The van der Waals surface area contributed by atoms with Gasteiger partial charge in [-0.2, -0.15) is 10.5 Å². The molecule has 0 N–H and O–H groups in total. The first kappa shape index (κ1) is 43.1. The van der Waals surface area contributed by atoms with E-state index < -0.39 is 11.9 Å². The molecule has 0 bridgehead atoms. The number of nitrogens with zero attached hydrogens (tertiary/aromatic N) is 4. The number of carbonyl (C=O) groups is 2. The van der Waals surface area contributed by atoms with Gasteiger partial charge in [0, 0.05) is 34.1 Å². The van der Waals surface area contributed by atoms with Gasteiger partial charge in [-0.05, 0) is 96.1 Å². The summed E-state index contributed by atoms with van der Waals surface area (Å²) in [4.78, 5) is 29.7. The first-order chi connectivity index (χ1) is 28.5. The van der Waals surface area contributed by atoms with Crippen LogP contribution in [0.4, 0.5) is 34.1 Å². The molecule has 0 aliphatic heterocycles. The van der Waals surface area contributed by atoms with Gasteiger partial charge in [0.15, 0.2) is 0 Å². The van der Waals surface area contributed by atoms with Gasteiger partial charge in [-0.15, -0.1) is 0 Å². The molecule has 0 amide bonds. The van der Waals surface area contributed by atoms with Crippen molar-refractivity contribution in [3.8, 4) is 12.1 Å². The number of carbonyl (C=O) groups excluding carboxylic acids is 2. The van der Waals surface area contributed by atoms with Gasteiger partial charge in [0.1, 0.15) is 36.5 Å². The Morgan fingerprint density at radius 3 is 0.914 bits per heavy atom. The summed E-state index contributed by atoms with van der Waals surface area (Å²) in [5, 5.41) is 19.4. The fraction of sp³-hybridized carbons (Fsp3) is 0.120. The van der Waals surface area contributed by atoms with E-state index in [1.165, 1.54) is 12.2 Å². The van der Waals surface area contributed by atoms with E-state index in [9.17, 15) is 20.1 Å². The lowest BCUT2D eigenvalue weighted by molar-refractivity contribution is -0.146. The Morgan fingerprint density at radius 2 is 0.672 bits per heavy atom. The number of anilines is 6. The molecule has 0 aliphatic carbocycles. The van der Waals surface area contributed by atoms with Crippen LogP contribution in [0.25, 0.3) is 12.2 Å². The van der Waals surface area contributed by atoms with E-state index in [2.05, 4.69) is 9.80 Å². The van der Waals surface area contributed by atoms with E-state index in [4.69, 9.17) is 9.47 Å². The molecule has 0 saturated heterocycles. The molecule has 0 radical (unpaired) electrons. The molecule has 6 rings (SSSR count). The summed E-state index contributed by atoms with van der Waals surface area (Å²) in [6.45, 7) is 7.40. The molecule has 6 aromatic carbocycles. The van der Waals surface area contributed by atoms with Gasteiger partial charge in [0.25, 0.3) is 0 Å². The average molecular weight is 767 g/mol. The minimum atomic E-state index is -0.857. The molecular formula is C50H46N4O4. The highest BCUT2D eigenvalue weighted by molar-refractivity contribution is 5.99. The second kappa shape index (κ2) is 23.3. The Hall–Kier alpha value is -7.68. The van der Waals surface area contributed by atoms with Crippen molar-refractivity contribution >= 4 is 58.2 Å². The molecule has 0 aliphatic rings. The number of rotatable bonds is 13. The molecule has 0 heterocycles. The van der Waals surface area contributed by atoms with Crippen LogP contribution in [0.1, 0.15) is 38.8 Å². The third-order valence-corrected chi connectivity index (χ3v) is 8.21. The lowest BCUT2D eigenvalue weighted by atomic mass is 10.1. The summed E-state index contributed by atoms with van der Waals surface area (Å²) >= 11 is 0. The molecule has 8 heteroatoms. The van der Waals surface area contributed by atoms with Gasteiger partial charge in [0.2, 0.25) is 0 Å². The van der Waals surface area contributed by atoms with Gasteiger partial charge in [-0.1, -0.05) is 125 Å². The number of esters is 2. The van der Waals surface area contributed by atoms with Crippen LogP contribution in [-0.2, 0) is 19.1 Å². The highest BCUT2D eigenvalue weighted by Crippen LogP contribution is 2.35. The third-order valence-electron chi connectivity index (χ3n) is 8.21. The van der Waals surface area contributed by atoms with Crippen molar-refractivity contribution in [2.45, 2.75) is 27.7 Å². The van der Waals surface area contributed by atoms with Crippen molar-refractivity contribution in [2.24, 2.45) is 0 Å². The molecule has 0 spiro atoms. The summed E-state index contributed by atoms with van der Waals surface area (Å²) in [6.07, 6.45) is 2.88. The van der Waals surface area contributed by atoms with Crippen LogP contribution in [0.15, 0.2) is 181 Å². The van der Waals surface area contributed by atoms with E-state index >= 15 is 0 Å². The quantitative estimate of drug-likeness (QED) is 0.0495. The summed E-state index contributed by atoms with van der Waals surface area (Å²) < 4.78 is 10.4. The SMILES string of the molecule is CC.CC.N#C/C(=C\c1ccc(N(c2ccccc2)c2ccccc2)cc1)C(=O)OCCOC(=O)/C(C#N)=C/c1ccc(N(c2ccccc2)c2ccccc2)cc1. The molecule has 0 saturated carbocycles. The Labute approximate surface area is 341 Å². The topological polar surface area (TPSA) is 107 Å². The van der Waals surface area contributed by atoms with Gasteiger partial charge in [0.05, 0.1) is 0 Å². The largest absolute Gasteiger partial charge is 0.458 e. The fourth-order valence-electron chi connectivity index (χ4n) is 5.67. The van der Waals surface area contributed by atoms with Crippen molar-refractivity contribution in [2.75, 3.05) is 23.0 Å². The summed E-state index contributed by atoms with van der Waals surface area (Å²) in [5.41, 5.74) is 6.55. The number of nitriles is 2. The summed E-state index contributed by atoms with van der Waals surface area (Å²) in [6, 6.07) is 58.4. The fourth-order valence-corrected chi connectivity index (χ4v) is 5.67. The van der Waals surface area contributed by atoms with E-state index in [1.807, 2.05) is 210 Å². The standard InChI is InChI=1S/C46H34N4O4.2C2H6/c47-33-37(31-35-21-25-43(26-22-35)49(39-13-5-1-6-14-39)40-15-7-2-8-16-40)45(51)53-29-30-54-46(52)38(34-48)32-36-23-27-44(28-24-36)50(41-17-9-3-10-18-41)42-19-11-4-12-20-42;2*1-2/h1-28,31-32H,29-30H2;2*1-2H3/b37-31+,38-32+;;. The monoisotopic (exact) mass is 766 g/mol. The van der Waals surface area contributed by atoms with E-state index in [1.54, 1.807) is 0 Å².